The Morgan fingerprint density at radius 3 is 2.00 bits per heavy atom. The molecule has 16 heavy (non-hydrogen) atoms. The monoisotopic (exact) mass is 276 g/mol. The van der Waals surface area contributed by atoms with Crippen molar-refractivity contribution in [1.82, 2.24) is 0 Å². The van der Waals surface area contributed by atoms with E-state index in [2.05, 4.69) is 0 Å². The van der Waals surface area contributed by atoms with Gasteiger partial charge in [0.25, 0.3) is 0 Å². The maximum Gasteiger partial charge on any atom is 1.00 e. The summed E-state index contributed by atoms with van der Waals surface area (Å²) in [6, 6.07) is 0. The minimum Gasteiger partial charge on any atom is -0.748 e. The summed E-state index contributed by atoms with van der Waals surface area (Å²) in [7, 11) is -4.16. The van der Waals surface area contributed by atoms with Gasteiger partial charge in [-0.2, -0.15) is 0 Å². The Morgan fingerprint density at radius 2 is 1.62 bits per heavy atom. The van der Waals surface area contributed by atoms with E-state index in [0.717, 1.165) is 19.3 Å². The molecule has 1 unspecified atom stereocenters. The molecule has 0 saturated heterocycles. The van der Waals surface area contributed by atoms with Crippen LogP contribution >= 0.6 is 0 Å². The van der Waals surface area contributed by atoms with E-state index in [4.69, 9.17) is 5.11 Å². The predicted molar refractivity (Wildman–Crippen MR) is 58.6 cm³/mol. The fourth-order valence-corrected chi connectivity index (χ4v) is 2.45. The zero-order valence-corrected chi connectivity index (χ0v) is 14.3. The van der Waals surface area contributed by atoms with Crippen LogP contribution in [0.15, 0.2) is 0 Å². The van der Waals surface area contributed by atoms with Gasteiger partial charge < -0.3 is 9.66 Å². The third kappa shape index (κ3) is 10.6. The third-order valence-corrected chi connectivity index (χ3v) is 3.76. The van der Waals surface area contributed by atoms with E-state index >= 15 is 0 Å². The number of rotatable bonds is 9. The molecular formula is C10H21KO4S. The maximum absolute atomic E-state index is 10.9. The van der Waals surface area contributed by atoms with E-state index < -0.39 is 15.4 Å². The van der Waals surface area contributed by atoms with Crippen LogP contribution in [0.1, 0.15) is 51.9 Å². The van der Waals surface area contributed by atoms with Crippen molar-refractivity contribution in [3.05, 3.63) is 0 Å². The average molecular weight is 276 g/mol. The summed E-state index contributed by atoms with van der Waals surface area (Å²) < 4.78 is 32.7. The standard InChI is InChI=1S/C10H22O4S.K/c1-2-3-4-7-10(15(12,13)14)8-5-6-9-11;/h10-11H,2-9H2,1H3,(H,12,13,14);/q;+1/p-1. The predicted octanol–water partition coefficient (Wildman–Crippen LogP) is -1.35. The molecule has 0 spiro atoms. The van der Waals surface area contributed by atoms with Crippen molar-refractivity contribution in [1.29, 1.82) is 0 Å². The summed E-state index contributed by atoms with van der Waals surface area (Å²) in [5.74, 6) is 0. The minimum absolute atomic E-state index is 0. The molecule has 0 aromatic carbocycles. The first-order chi connectivity index (χ1) is 7.02. The second kappa shape index (κ2) is 11.6. The third-order valence-electron chi connectivity index (χ3n) is 2.47. The molecule has 0 saturated carbocycles. The van der Waals surface area contributed by atoms with Crippen LogP contribution in [0.4, 0.5) is 0 Å². The second-order valence-corrected chi connectivity index (χ2v) is 5.48. The molecule has 4 nitrogen and oxygen atoms in total. The molecule has 0 heterocycles. The molecule has 0 amide bonds. The Labute approximate surface area is 141 Å². The van der Waals surface area contributed by atoms with Crippen molar-refractivity contribution in [3.63, 3.8) is 0 Å². The molecule has 0 aliphatic carbocycles. The molecule has 92 valence electrons. The number of aliphatic hydroxyl groups excluding tert-OH is 1. The topological polar surface area (TPSA) is 77.4 Å². The van der Waals surface area contributed by atoms with Gasteiger partial charge in [-0.3, -0.25) is 0 Å². The van der Waals surface area contributed by atoms with Crippen LogP contribution in [-0.2, 0) is 10.1 Å². The molecule has 0 rings (SSSR count). The van der Waals surface area contributed by atoms with E-state index in [1.807, 2.05) is 6.92 Å². The van der Waals surface area contributed by atoms with E-state index in [9.17, 15) is 13.0 Å². The molecule has 0 bridgehead atoms. The first-order valence-corrected chi connectivity index (χ1v) is 7.05. The summed E-state index contributed by atoms with van der Waals surface area (Å²) in [6.45, 7) is 2.09. The normalized spacial score (nSPS) is 13.2. The van der Waals surface area contributed by atoms with Crippen LogP contribution in [-0.4, -0.2) is 29.9 Å². The van der Waals surface area contributed by atoms with E-state index in [1.165, 1.54) is 0 Å². The number of aliphatic hydroxyl groups is 1. The van der Waals surface area contributed by atoms with Gasteiger partial charge in [0.05, 0.1) is 10.1 Å². The molecule has 0 aromatic heterocycles. The average Bonchev–Trinajstić information content (AvgIpc) is 2.14. The summed E-state index contributed by atoms with van der Waals surface area (Å²) >= 11 is 0. The van der Waals surface area contributed by atoms with Crippen LogP contribution in [0.5, 0.6) is 0 Å². The first kappa shape index (κ1) is 19.8. The van der Waals surface area contributed by atoms with Gasteiger partial charge in [0, 0.05) is 11.9 Å². The van der Waals surface area contributed by atoms with E-state index in [0.29, 0.717) is 25.7 Å². The molecule has 0 fully saturated rings. The summed E-state index contributed by atoms with van der Waals surface area (Å²) in [6.07, 6.45) is 4.80. The quantitative estimate of drug-likeness (QED) is 0.321. The van der Waals surface area contributed by atoms with Gasteiger partial charge in [-0.25, -0.2) is 8.42 Å². The van der Waals surface area contributed by atoms with Crippen LogP contribution in [0, 0.1) is 0 Å². The molecular weight excluding hydrogens is 255 g/mol. The Morgan fingerprint density at radius 1 is 1.12 bits per heavy atom. The van der Waals surface area contributed by atoms with Crippen LogP contribution in [0.25, 0.3) is 0 Å². The Kier molecular flexibility index (Phi) is 14.4. The largest absolute Gasteiger partial charge is 1.00 e. The molecule has 0 radical (unpaired) electrons. The van der Waals surface area contributed by atoms with Gasteiger partial charge >= 0.3 is 51.4 Å². The van der Waals surface area contributed by atoms with Gasteiger partial charge in [-0.1, -0.05) is 26.2 Å². The minimum atomic E-state index is -4.16. The Bertz CT molecular complexity index is 231. The fraction of sp³-hybridized carbons (Fsp3) is 1.00. The van der Waals surface area contributed by atoms with Gasteiger partial charge in [-0.15, -0.1) is 0 Å². The SMILES string of the molecule is CCCCCC(CCCCO)S(=O)(=O)[O-].[K+]. The van der Waals surface area contributed by atoms with Crippen molar-refractivity contribution < 1.29 is 69.5 Å². The van der Waals surface area contributed by atoms with Crippen molar-refractivity contribution in [2.24, 2.45) is 0 Å². The molecule has 1 atom stereocenters. The zero-order valence-electron chi connectivity index (χ0n) is 10.3. The van der Waals surface area contributed by atoms with E-state index in [-0.39, 0.29) is 58.0 Å². The zero-order chi connectivity index (χ0) is 11.7. The van der Waals surface area contributed by atoms with Gasteiger partial charge in [0.15, 0.2) is 0 Å². The molecule has 0 aliphatic heterocycles. The van der Waals surface area contributed by atoms with Crippen LogP contribution in [0.2, 0.25) is 0 Å². The molecule has 6 heteroatoms. The summed E-state index contributed by atoms with van der Waals surface area (Å²) in [5.41, 5.74) is 0. The fourth-order valence-electron chi connectivity index (χ4n) is 1.54. The molecule has 1 N–H and O–H groups in total. The summed E-state index contributed by atoms with van der Waals surface area (Å²) in [4.78, 5) is 0. The number of hydrogen-bond donors (Lipinski definition) is 1. The van der Waals surface area contributed by atoms with Crippen LogP contribution < -0.4 is 51.4 Å². The smallest absolute Gasteiger partial charge is 0.748 e. The van der Waals surface area contributed by atoms with Gasteiger partial charge in [-0.05, 0) is 25.7 Å². The van der Waals surface area contributed by atoms with Crippen molar-refractivity contribution >= 4 is 10.1 Å². The van der Waals surface area contributed by atoms with Crippen molar-refractivity contribution in [2.45, 2.75) is 57.1 Å². The Hall–Kier alpha value is 1.51. The maximum atomic E-state index is 10.9. The van der Waals surface area contributed by atoms with Crippen LogP contribution in [0.3, 0.4) is 0 Å². The van der Waals surface area contributed by atoms with Gasteiger partial charge in [0.1, 0.15) is 0 Å². The summed E-state index contributed by atoms with van der Waals surface area (Å²) in [5, 5.41) is 7.81. The second-order valence-electron chi connectivity index (χ2n) is 3.83. The first-order valence-electron chi connectivity index (χ1n) is 5.58. The molecule has 0 aliphatic rings. The van der Waals surface area contributed by atoms with Gasteiger partial charge in [0.2, 0.25) is 0 Å². The van der Waals surface area contributed by atoms with Crippen molar-refractivity contribution in [2.75, 3.05) is 6.61 Å². The molecule has 0 aromatic rings. The number of hydrogen-bond acceptors (Lipinski definition) is 4. The van der Waals surface area contributed by atoms with E-state index in [1.54, 1.807) is 0 Å². The number of unbranched alkanes of at least 4 members (excludes halogenated alkanes) is 3. The Balaban J connectivity index is 0. The van der Waals surface area contributed by atoms with Crippen molar-refractivity contribution in [3.8, 4) is 0 Å².